The minimum atomic E-state index is -1.34. The lowest BCUT2D eigenvalue weighted by Gasteiger charge is -2.07. The summed E-state index contributed by atoms with van der Waals surface area (Å²) in [6, 6.07) is 14.4. The van der Waals surface area contributed by atoms with Gasteiger partial charge in [-0.05, 0) is 48.9 Å². The standard InChI is InChI=1S/C16H17NO3S/c1-12-4-3-5-15(10-12)21(19)11-16(18)17-13-6-8-14(20-2)9-7-13/h3-10H,11H2,1-2H3,(H,17,18). The fourth-order valence-electron chi connectivity index (χ4n) is 1.83. The molecule has 0 aliphatic heterocycles. The first-order chi connectivity index (χ1) is 10.1. The normalized spacial score (nSPS) is 11.7. The second-order valence-electron chi connectivity index (χ2n) is 4.58. The Balaban J connectivity index is 1.96. The number of methoxy groups -OCH3 is 1. The molecule has 0 saturated carbocycles. The maximum atomic E-state index is 12.1. The topological polar surface area (TPSA) is 55.4 Å². The summed E-state index contributed by atoms with van der Waals surface area (Å²) in [4.78, 5) is 12.6. The van der Waals surface area contributed by atoms with Gasteiger partial charge >= 0.3 is 0 Å². The smallest absolute Gasteiger partial charge is 0.237 e. The van der Waals surface area contributed by atoms with Crippen LogP contribution in [0.1, 0.15) is 5.56 Å². The second-order valence-corrected chi connectivity index (χ2v) is 6.03. The molecule has 0 bridgehead atoms. The molecule has 2 aromatic carbocycles. The third-order valence-corrected chi connectivity index (χ3v) is 4.19. The summed E-state index contributed by atoms with van der Waals surface area (Å²) in [6.07, 6.45) is 0. The van der Waals surface area contributed by atoms with Gasteiger partial charge in [0, 0.05) is 10.6 Å². The average Bonchev–Trinajstić information content (AvgIpc) is 2.48. The Morgan fingerprint density at radius 3 is 2.52 bits per heavy atom. The van der Waals surface area contributed by atoms with Crippen molar-refractivity contribution >= 4 is 22.4 Å². The molecule has 1 N–H and O–H groups in total. The number of nitrogens with one attached hydrogen (secondary N) is 1. The molecular formula is C16H17NO3S. The van der Waals surface area contributed by atoms with Crippen LogP contribution < -0.4 is 10.1 Å². The van der Waals surface area contributed by atoms with E-state index in [-0.39, 0.29) is 11.7 Å². The van der Waals surface area contributed by atoms with Crippen molar-refractivity contribution in [2.24, 2.45) is 0 Å². The number of carbonyl (C=O) groups is 1. The first-order valence-corrected chi connectivity index (χ1v) is 7.79. The van der Waals surface area contributed by atoms with Crippen molar-refractivity contribution in [1.82, 2.24) is 0 Å². The zero-order valence-corrected chi connectivity index (χ0v) is 12.8. The summed E-state index contributed by atoms with van der Waals surface area (Å²) in [7, 11) is 0.242. The molecular weight excluding hydrogens is 286 g/mol. The van der Waals surface area contributed by atoms with Gasteiger partial charge in [0.25, 0.3) is 0 Å². The van der Waals surface area contributed by atoms with Gasteiger partial charge in [0.1, 0.15) is 11.5 Å². The van der Waals surface area contributed by atoms with Gasteiger partial charge in [0.15, 0.2) is 0 Å². The van der Waals surface area contributed by atoms with Crippen molar-refractivity contribution in [1.29, 1.82) is 0 Å². The van der Waals surface area contributed by atoms with Gasteiger partial charge in [0.05, 0.1) is 17.9 Å². The van der Waals surface area contributed by atoms with E-state index in [0.29, 0.717) is 10.6 Å². The van der Waals surface area contributed by atoms with Gasteiger partial charge in [-0.25, -0.2) is 0 Å². The van der Waals surface area contributed by atoms with Crippen LogP contribution in [-0.4, -0.2) is 23.0 Å². The number of carbonyl (C=O) groups excluding carboxylic acids is 1. The molecule has 5 heteroatoms. The number of ether oxygens (including phenoxy) is 1. The largest absolute Gasteiger partial charge is 0.497 e. The van der Waals surface area contributed by atoms with Crippen molar-refractivity contribution in [3.63, 3.8) is 0 Å². The molecule has 0 heterocycles. The SMILES string of the molecule is COc1ccc(NC(=O)CS(=O)c2cccc(C)c2)cc1. The summed E-state index contributed by atoms with van der Waals surface area (Å²) in [5, 5.41) is 2.72. The molecule has 2 rings (SSSR count). The minimum absolute atomic E-state index is 0.0600. The van der Waals surface area contributed by atoms with E-state index >= 15 is 0 Å². The highest BCUT2D eigenvalue weighted by Crippen LogP contribution is 2.15. The number of hydrogen-bond acceptors (Lipinski definition) is 3. The van der Waals surface area contributed by atoms with Crippen molar-refractivity contribution in [3.05, 3.63) is 54.1 Å². The quantitative estimate of drug-likeness (QED) is 0.924. The molecule has 0 aromatic heterocycles. The highest BCUT2D eigenvalue weighted by Gasteiger charge is 2.10. The Kier molecular flexibility index (Phi) is 5.11. The molecule has 1 amide bonds. The van der Waals surface area contributed by atoms with E-state index in [1.54, 1.807) is 37.4 Å². The zero-order chi connectivity index (χ0) is 15.2. The van der Waals surface area contributed by atoms with E-state index in [0.717, 1.165) is 11.3 Å². The minimum Gasteiger partial charge on any atom is -0.497 e. The number of benzene rings is 2. The van der Waals surface area contributed by atoms with Gasteiger partial charge < -0.3 is 10.1 Å². The molecule has 0 spiro atoms. The lowest BCUT2D eigenvalue weighted by atomic mass is 10.2. The molecule has 0 fully saturated rings. The molecule has 2 aromatic rings. The van der Waals surface area contributed by atoms with Crippen LogP contribution in [0.15, 0.2) is 53.4 Å². The average molecular weight is 303 g/mol. The first-order valence-electron chi connectivity index (χ1n) is 6.47. The van der Waals surface area contributed by atoms with Gasteiger partial charge in [-0.3, -0.25) is 9.00 Å². The predicted octanol–water partition coefficient (Wildman–Crippen LogP) is 2.75. The van der Waals surface area contributed by atoms with Gasteiger partial charge in [-0.1, -0.05) is 12.1 Å². The highest BCUT2D eigenvalue weighted by atomic mass is 32.2. The van der Waals surface area contributed by atoms with Crippen LogP contribution in [0.25, 0.3) is 0 Å². The van der Waals surface area contributed by atoms with Gasteiger partial charge in [-0.2, -0.15) is 0 Å². The summed E-state index contributed by atoms with van der Waals surface area (Å²) in [5.74, 6) is 0.381. The lowest BCUT2D eigenvalue weighted by molar-refractivity contribution is -0.113. The van der Waals surface area contributed by atoms with Crippen LogP contribution in [0.3, 0.4) is 0 Å². The van der Waals surface area contributed by atoms with Gasteiger partial charge in [0.2, 0.25) is 5.91 Å². The Hall–Kier alpha value is -2.14. The van der Waals surface area contributed by atoms with Crippen molar-refractivity contribution < 1.29 is 13.7 Å². The summed E-state index contributed by atoms with van der Waals surface area (Å²) in [5.41, 5.74) is 1.68. The molecule has 0 saturated heterocycles. The summed E-state index contributed by atoms with van der Waals surface area (Å²) in [6.45, 7) is 1.93. The lowest BCUT2D eigenvalue weighted by Crippen LogP contribution is -2.19. The molecule has 4 nitrogen and oxygen atoms in total. The second kappa shape index (κ2) is 7.04. The highest BCUT2D eigenvalue weighted by molar-refractivity contribution is 7.85. The van der Waals surface area contributed by atoms with Crippen molar-refractivity contribution in [2.75, 3.05) is 18.2 Å². The summed E-state index contributed by atoms with van der Waals surface area (Å²) >= 11 is 0. The predicted molar refractivity (Wildman–Crippen MR) is 84.1 cm³/mol. The van der Waals surface area contributed by atoms with E-state index in [9.17, 15) is 9.00 Å². The van der Waals surface area contributed by atoms with Crippen LogP contribution in [0.5, 0.6) is 5.75 Å². The molecule has 0 radical (unpaired) electrons. The number of rotatable bonds is 5. The molecule has 21 heavy (non-hydrogen) atoms. The number of anilines is 1. The maximum Gasteiger partial charge on any atom is 0.237 e. The van der Waals surface area contributed by atoms with Crippen LogP contribution in [0, 0.1) is 6.92 Å². The van der Waals surface area contributed by atoms with E-state index in [2.05, 4.69) is 5.32 Å². The zero-order valence-electron chi connectivity index (χ0n) is 12.0. The molecule has 1 atom stereocenters. The maximum absolute atomic E-state index is 12.1. The molecule has 0 aliphatic rings. The van der Waals surface area contributed by atoms with Crippen LogP contribution in [0.4, 0.5) is 5.69 Å². The Morgan fingerprint density at radius 2 is 1.90 bits per heavy atom. The third kappa shape index (κ3) is 4.43. The van der Waals surface area contributed by atoms with Gasteiger partial charge in [-0.15, -0.1) is 0 Å². The van der Waals surface area contributed by atoms with Crippen LogP contribution >= 0.6 is 0 Å². The van der Waals surface area contributed by atoms with E-state index in [1.165, 1.54) is 0 Å². The fraction of sp³-hybridized carbons (Fsp3) is 0.188. The van der Waals surface area contributed by atoms with E-state index in [4.69, 9.17) is 4.74 Å². The Labute approximate surface area is 126 Å². The van der Waals surface area contributed by atoms with E-state index < -0.39 is 10.8 Å². The fourth-order valence-corrected chi connectivity index (χ4v) is 2.86. The number of hydrogen-bond donors (Lipinski definition) is 1. The van der Waals surface area contributed by atoms with Crippen molar-refractivity contribution in [3.8, 4) is 5.75 Å². The van der Waals surface area contributed by atoms with E-state index in [1.807, 2.05) is 25.1 Å². The number of amides is 1. The van der Waals surface area contributed by atoms with Crippen LogP contribution in [0.2, 0.25) is 0 Å². The molecule has 0 aliphatic carbocycles. The Bertz CT molecular complexity index is 653. The molecule has 110 valence electrons. The summed E-state index contributed by atoms with van der Waals surface area (Å²) < 4.78 is 17.2. The monoisotopic (exact) mass is 303 g/mol. The number of aryl methyl sites for hydroxylation is 1. The van der Waals surface area contributed by atoms with Crippen LogP contribution in [-0.2, 0) is 15.6 Å². The first kappa shape index (κ1) is 15.3. The molecule has 1 unspecified atom stereocenters. The van der Waals surface area contributed by atoms with Crippen molar-refractivity contribution in [2.45, 2.75) is 11.8 Å². The Morgan fingerprint density at radius 1 is 1.19 bits per heavy atom. The third-order valence-electron chi connectivity index (χ3n) is 2.89.